The van der Waals surface area contributed by atoms with Gasteiger partial charge in [0.05, 0.1) is 16.8 Å². The van der Waals surface area contributed by atoms with E-state index in [1.807, 2.05) is 25.4 Å². The highest BCUT2D eigenvalue weighted by molar-refractivity contribution is 6.31. The lowest BCUT2D eigenvalue weighted by molar-refractivity contribution is 0.179. The Hall–Kier alpha value is -0.600. The van der Waals surface area contributed by atoms with Crippen molar-refractivity contribution < 1.29 is 0 Å². The Kier molecular flexibility index (Phi) is 4.63. The SMILES string of the molecule is CNC(c1ncccc1Cl)C1CC(C)CC(C)C1. The van der Waals surface area contributed by atoms with E-state index in [0.717, 1.165) is 22.6 Å². The van der Waals surface area contributed by atoms with Gasteiger partial charge in [-0.05, 0) is 56.2 Å². The van der Waals surface area contributed by atoms with Crippen LogP contribution in [0.4, 0.5) is 0 Å². The molecule has 1 saturated carbocycles. The Balaban J connectivity index is 2.20. The molecule has 0 aromatic carbocycles. The van der Waals surface area contributed by atoms with Gasteiger partial charge in [-0.15, -0.1) is 0 Å². The molecule has 1 N–H and O–H groups in total. The summed E-state index contributed by atoms with van der Waals surface area (Å²) in [4.78, 5) is 4.48. The molecule has 1 aliphatic rings. The van der Waals surface area contributed by atoms with E-state index in [9.17, 15) is 0 Å². The smallest absolute Gasteiger partial charge is 0.0761 e. The van der Waals surface area contributed by atoms with E-state index in [2.05, 4.69) is 24.1 Å². The Morgan fingerprint density at radius 3 is 2.50 bits per heavy atom. The lowest BCUT2D eigenvalue weighted by Crippen LogP contribution is -2.32. The quantitative estimate of drug-likeness (QED) is 0.892. The Labute approximate surface area is 115 Å². The summed E-state index contributed by atoms with van der Waals surface area (Å²) in [7, 11) is 2.01. The standard InChI is InChI=1S/C15H23ClN2/c1-10-7-11(2)9-12(8-10)14(17-3)15-13(16)5-4-6-18-15/h4-6,10-12,14,17H,7-9H2,1-3H3. The molecular formula is C15H23ClN2. The summed E-state index contributed by atoms with van der Waals surface area (Å²) in [6, 6.07) is 4.11. The van der Waals surface area contributed by atoms with E-state index in [1.165, 1.54) is 19.3 Å². The first-order valence-electron chi connectivity index (χ1n) is 6.89. The van der Waals surface area contributed by atoms with Crippen LogP contribution in [0.2, 0.25) is 5.02 Å². The number of pyridine rings is 1. The molecule has 100 valence electrons. The van der Waals surface area contributed by atoms with E-state index < -0.39 is 0 Å². The van der Waals surface area contributed by atoms with Crippen LogP contribution < -0.4 is 5.32 Å². The second-order valence-corrected chi connectivity index (χ2v) is 6.22. The minimum absolute atomic E-state index is 0.281. The molecule has 2 rings (SSSR count). The van der Waals surface area contributed by atoms with Crippen LogP contribution in [0.5, 0.6) is 0 Å². The molecule has 0 saturated heterocycles. The molecule has 1 heterocycles. The molecular weight excluding hydrogens is 244 g/mol. The third-order valence-electron chi connectivity index (χ3n) is 4.08. The summed E-state index contributed by atoms with van der Waals surface area (Å²) >= 11 is 6.29. The Morgan fingerprint density at radius 2 is 1.94 bits per heavy atom. The summed E-state index contributed by atoms with van der Waals surface area (Å²) in [5.41, 5.74) is 1.01. The van der Waals surface area contributed by atoms with E-state index in [1.54, 1.807) is 0 Å². The second-order valence-electron chi connectivity index (χ2n) is 5.81. The van der Waals surface area contributed by atoms with E-state index in [4.69, 9.17) is 11.6 Å². The van der Waals surface area contributed by atoms with Gasteiger partial charge in [-0.2, -0.15) is 0 Å². The normalized spacial score (nSPS) is 30.1. The molecule has 0 amide bonds. The van der Waals surface area contributed by atoms with Gasteiger partial charge in [-0.25, -0.2) is 0 Å². The maximum absolute atomic E-state index is 6.29. The predicted molar refractivity (Wildman–Crippen MR) is 76.7 cm³/mol. The Bertz CT molecular complexity index is 384. The van der Waals surface area contributed by atoms with Crippen LogP contribution in [0.3, 0.4) is 0 Å². The molecule has 0 spiro atoms. The molecule has 0 aliphatic heterocycles. The van der Waals surface area contributed by atoms with Crippen molar-refractivity contribution in [2.24, 2.45) is 17.8 Å². The fourth-order valence-electron chi connectivity index (χ4n) is 3.50. The first kappa shape index (κ1) is 13.8. The van der Waals surface area contributed by atoms with Gasteiger partial charge in [-0.3, -0.25) is 4.98 Å². The molecule has 3 heteroatoms. The number of rotatable bonds is 3. The van der Waals surface area contributed by atoms with Gasteiger partial charge in [-0.1, -0.05) is 25.4 Å². The molecule has 3 atom stereocenters. The van der Waals surface area contributed by atoms with Crippen LogP contribution in [-0.2, 0) is 0 Å². The maximum Gasteiger partial charge on any atom is 0.0761 e. The number of nitrogens with one attached hydrogen (secondary N) is 1. The van der Waals surface area contributed by atoms with Crippen LogP contribution in [0.1, 0.15) is 44.8 Å². The first-order valence-corrected chi connectivity index (χ1v) is 7.27. The molecule has 0 radical (unpaired) electrons. The van der Waals surface area contributed by atoms with Crippen molar-refractivity contribution in [3.05, 3.63) is 29.0 Å². The number of hydrogen-bond acceptors (Lipinski definition) is 2. The van der Waals surface area contributed by atoms with Crippen LogP contribution >= 0.6 is 11.6 Å². The molecule has 18 heavy (non-hydrogen) atoms. The third-order valence-corrected chi connectivity index (χ3v) is 4.40. The highest BCUT2D eigenvalue weighted by atomic mass is 35.5. The minimum Gasteiger partial charge on any atom is -0.311 e. The van der Waals surface area contributed by atoms with Crippen molar-refractivity contribution in [3.8, 4) is 0 Å². The Morgan fingerprint density at radius 1 is 1.28 bits per heavy atom. The maximum atomic E-state index is 6.29. The van der Waals surface area contributed by atoms with Crippen molar-refractivity contribution >= 4 is 11.6 Å². The van der Waals surface area contributed by atoms with Gasteiger partial charge >= 0.3 is 0 Å². The van der Waals surface area contributed by atoms with Gasteiger partial charge < -0.3 is 5.32 Å². The zero-order valence-corrected chi connectivity index (χ0v) is 12.2. The van der Waals surface area contributed by atoms with Gasteiger partial charge in [0, 0.05) is 6.20 Å². The van der Waals surface area contributed by atoms with Crippen molar-refractivity contribution in [3.63, 3.8) is 0 Å². The van der Waals surface area contributed by atoms with Gasteiger partial charge in [0.2, 0.25) is 0 Å². The zero-order chi connectivity index (χ0) is 13.1. The third kappa shape index (κ3) is 3.04. The van der Waals surface area contributed by atoms with E-state index in [-0.39, 0.29) is 6.04 Å². The fourth-order valence-corrected chi connectivity index (χ4v) is 3.74. The number of hydrogen-bond donors (Lipinski definition) is 1. The first-order chi connectivity index (χ1) is 8.61. The molecule has 1 aromatic heterocycles. The average molecular weight is 267 g/mol. The molecule has 1 aliphatic carbocycles. The topological polar surface area (TPSA) is 24.9 Å². The summed E-state index contributed by atoms with van der Waals surface area (Å²) in [5, 5.41) is 4.20. The van der Waals surface area contributed by atoms with Crippen molar-refractivity contribution in [2.75, 3.05) is 7.05 Å². The van der Waals surface area contributed by atoms with Crippen LogP contribution in [-0.4, -0.2) is 12.0 Å². The number of halogens is 1. The van der Waals surface area contributed by atoms with E-state index in [0.29, 0.717) is 5.92 Å². The van der Waals surface area contributed by atoms with E-state index >= 15 is 0 Å². The summed E-state index contributed by atoms with van der Waals surface area (Å²) < 4.78 is 0. The molecule has 3 unspecified atom stereocenters. The van der Waals surface area contributed by atoms with Crippen LogP contribution in [0.25, 0.3) is 0 Å². The highest BCUT2D eigenvalue weighted by Crippen LogP contribution is 2.40. The summed E-state index contributed by atoms with van der Waals surface area (Å²) in [6.07, 6.45) is 5.72. The lowest BCUT2D eigenvalue weighted by Gasteiger charge is -2.36. The monoisotopic (exact) mass is 266 g/mol. The number of nitrogens with zero attached hydrogens (tertiary/aromatic N) is 1. The average Bonchev–Trinajstić information content (AvgIpc) is 2.31. The molecule has 2 nitrogen and oxygen atoms in total. The lowest BCUT2D eigenvalue weighted by atomic mass is 9.73. The van der Waals surface area contributed by atoms with Crippen molar-refractivity contribution in [2.45, 2.75) is 39.2 Å². The van der Waals surface area contributed by atoms with Gasteiger partial charge in [0.15, 0.2) is 0 Å². The van der Waals surface area contributed by atoms with Gasteiger partial charge in [0.1, 0.15) is 0 Å². The summed E-state index contributed by atoms with van der Waals surface area (Å²) in [5.74, 6) is 2.25. The van der Waals surface area contributed by atoms with Crippen LogP contribution in [0.15, 0.2) is 18.3 Å². The number of aromatic nitrogens is 1. The minimum atomic E-state index is 0.281. The molecule has 1 aromatic rings. The summed E-state index contributed by atoms with van der Waals surface area (Å²) in [6.45, 7) is 4.71. The second kappa shape index (κ2) is 6.03. The fraction of sp³-hybridized carbons (Fsp3) is 0.667. The zero-order valence-electron chi connectivity index (χ0n) is 11.5. The molecule has 0 bridgehead atoms. The molecule has 1 fully saturated rings. The highest BCUT2D eigenvalue weighted by Gasteiger charge is 2.31. The van der Waals surface area contributed by atoms with Crippen molar-refractivity contribution in [1.82, 2.24) is 10.3 Å². The van der Waals surface area contributed by atoms with Crippen molar-refractivity contribution in [1.29, 1.82) is 0 Å². The van der Waals surface area contributed by atoms with Crippen LogP contribution in [0, 0.1) is 17.8 Å². The predicted octanol–water partition coefficient (Wildman–Crippen LogP) is 4.07. The largest absolute Gasteiger partial charge is 0.311 e. The van der Waals surface area contributed by atoms with Gasteiger partial charge in [0.25, 0.3) is 0 Å².